The Hall–Kier alpha value is -2.73. The lowest BCUT2D eigenvalue weighted by Crippen LogP contribution is -2.45. The van der Waals surface area contributed by atoms with Crippen LogP contribution in [-0.2, 0) is 9.53 Å². The number of nitrogens with one attached hydrogen (secondary N) is 1. The average Bonchev–Trinajstić information content (AvgIpc) is 2.63. The number of ketones is 1. The second-order valence-electron chi connectivity index (χ2n) is 6.22. The van der Waals surface area contributed by atoms with Crippen LogP contribution in [0.2, 0.25) is 5.02 Å². The van der Waals surface area contributed by atoms with Crippen LogP contribution in [0.25, 0.3) is 0 Å². The van der Waals surface area contributed by atoms with E-state index in [0.29, 0.717) is 0 Å². The summed E-state index contributed by atoms with van der Waals surface area (Å²) >= 11 is 5.99. The molecular formula is C20H19ClFNO4. The molecule has 0 unspecified atom stereocenters. The van der Waals surface area contributed by atoms with Crippen LogP contribution in [0.15, 0.2) is 48.5 Å². The first-order valence-corrected chi connectivity index (χ1v) is 8.68. The predicted molar refractivity (Wildman–Crippen MR) is 99.2 cm³/mol. The van der Waals surface area contributed by atoms with Crippen LogP contribution in [0.5, 0.6) is 0 Å². The summed E-state index contributed by atoms with van der Waals surface area (Å²) in [5.41, 5.74) is 0.331. The van der Waals surface area contributed by atoms with Crippen molar-refractivity contribution < 1.29 is 23.5 Å². The minimum atomic E-state index is -0.964. The van der Waals surface area contributed by atoms with E-state index in [4.69, 9.17) is 16.3 Å². The summed E-state index contributed by atoms with van der Waals surface area (Å²) in [7, 11) is 0. The number of esters is 1. The maximum Gasteiger partial charge on any atom is 0.329 e. The summed E-state index contributed by atoms with van der Waals surface area (Å²) in [5, 5.41) is 2.83. The number of amides is 1. The molecule has 1 N–H and O–H groups in total. The van der Waals surface area contributed by atoms with Crippen molar-refractivity contribution in [3.05, 3.63) is 70.5 Å². The van der Waals surface area contributed by atoms with Crippen LogP contribution in [0.4, 0.5) is 4.39 Å². The lowest BCUT2D eigenvalue weighted by molar-refractivity contribution is -0.145. The molecule has 0 fully saturated rings. The number of Topliss-reactive ketones (excluding diaryl/α,β-unsaturated/α-hetero) is 1. The summed E-state index contributed by atoms with van der Waals surface area (Å²) < 4.78 is 18.2. The van der Waals surface area contributed by atoms with Gasteiger partial charge in [0.25, 0.3) is 5.91 Å². The molecule has 142 valence electrons. The second-order valence-corrected chi connectivity index (χ2v) is 6.62. The average molecular weight is 392 g/mol. The van der Waals surface area contributed by atoms with Gasteiger partial charge in [-0.05, 0) is 30.2 Å². The Balaban J connectivity index is 2.01. The van der Waals surface area contributed by atoms with Crippen LogP contribution in [-0.4, -0.2) is 30.3 Å². The van der Waals surface area contributed by atoms with Crippen LogP contribution in [0.1, 0.15) is 34.6 Å². The van der Waals surface area contributed by atoms with Crippen LogP contribution < -0.4 is 5.32 Å². The highest BCUT2D eigenvalue weighted by molar-refractivity contribution is 6.33. The SMILES string of the molecule is CC(C)[C@H](NC(=O)c1ccccc1Cl)C(=O)OCC(=O)c1cccc(F)c1. The molecule has 2 aromatic carbocycles. The number of carbonyl (C=O) groups is 3. The van der Waals surface area contributed by atoms with Gasteiger partial charge < -0.3 is 10.1 Å². The van der Waals surface area contributed by atoms with Gasteiger partial charge in [0.2, 0.25) is 0 Å². The fourth-order valence-electron chi connectivity index (χ4n) is 2.33. The topological polar surface area (TPSA) is 72.5 Å². The molecule has 0 aliphatic rings. The van der Waals surface area contributed by atoms with Crippen molar-refractivity contribution in [1.29, 1.82) is 0 Å². The van der Waals surface area contributed by atoms with Gasteiger partial charge in [-0.25, -0.2) is 9.18 Å². The van der Waals surface area contributed by atoms with Gasteiger partial charge in [0, 0.05) is 5.56 Å². The van der Waals surface area contributed by atoms with Gasteiger partial charge >= 0.3 is 5.97 Å². The number of benzene rings is 2. The highest BCUT2D eigenvalue weighted by atomic mass is 35.5. The summed E-state index contributed by atoms with van der Waals surface area (Å²) in [6.45, 7) is 2.91. The first-order valence-electron chi connectivity index (χ1n) is 8.30. The van der Waals surface area contributed by atoms with Crippen molar-refractivity contribution in [2.45, 2.75) is 19.9 Å². The highest BCUT2D eigenvalue weighted by Crippen LogP contribution is 2.16. The standard InChI is InChI=1S/C20H19ClFNO4/c1-12(2)18(23-19(25)15-8-3-4-9-16(15)21)20(26)27-11-17(24)13-6-5-7-14(22)10-13/h3-10,12,18H,11H2,1-2H3,(H,23,25)/t18-/m0/s1. The number of halogens is 2. The zero-order valence-electron chi connectivity index (χ0n) is 14.9. The van der Waals surface area contributed by atoms with Gasteiger partial charge in [0.15, 0.2) is 12.4 Å². The van der Waals surface area contributed by atoms with Crippen molar-refractivity contribution in [3.63, 3.8) is 0 Å². The molecule has 0 aromatic heterocycles. The van der Waals surface area contributed by atoms with E-state index in [1.165, 1.54) is 24.3 Å². The summed E-state index contributed by atoms with van der Waals surface area (Å²) in [5.74, 6) is -2.65. The molecule has 0 saturated heterocycles. The Morgan fingerprint density at radius 2 is 1.81 bits per heavy atom. The van der Waals surface area contributed by atoms with Crippen LogP contribution >= 0.6 is 11.6 Å². The monoisotopic (exact) mass is 391 g/mol. The number of rotatable bonds is 7. The van der Waals surface area contributed by atoms with Crippen molar-refractivity contribution >= 4 is 29.3 Å². The van der Waals surface area contributed by atoms with E-state index in [1.54, 1.807) is 32.0 Å². The summed E-state index contributed by atoms with van der Waals surface area (Å²) in [6, 6.07) is 10.6. The van der Waals surface area contributed by atoms with Crippen molar-refractivity contribution in [2.75, 3.05) is 6.61 Å². The Morgan fingerprint density at radius 3 is 2.44 bits per heavy atom. The van der Waals surface area contributed by atoms with Gasteiger partial charge in [-0.15, -0.1) is 0 Å². The number of hydrogen-bond acceptors (Lipinski definition) is 4. The normalized spacial score (nSPS) is 11.7. The molecule has 2 aromatic rings. The molecule has 0 saturated carbocycles. The Labute approximate surface area is 161 Å². The Kier molecular flexibility index (Phi) is 7.07. The van der Waals surface area contributed by atoms with E-state index in [1.807, 2.05) is 0 Å². The van der Waals surface area contributed by atoms with E-state index >= 15 is 0 Å². The molecule has 0 aliphatic carbocycles. The highest BCUT2D eigenvalue weighted by Gasteiger charge is 2.27. The van der Waals surface area contributed by atoms with Gasteiger partial charge in [0.05, 0.1) is 10.6 Å². The van der Waals surface area contributed by atoms with E-state index in [0.717, 1.165) is 6.07 Å². The Morgan fingerprint density at radius 1 is 1.11 bits per heavy atom. The molecule has 27 heavy (non-hydrogen) atoms. The summed E-state index contributed by atoms with van der Waals surface area (Å²) in [6.07, 6.45) is 0. The smallest absolute Gasteiger partial charge is 0.329 e. The third kappa shape index (κ3) is 5.62. The Bertz CT molecular complexity index is 853. The largest absolute Gasteiger partial charge is 0.456 e. The van der Waals surface area contributed by atoms with Crippen molar-refractivity contribution in [2.24, 2.45) is 5.92 Å². The first-order chi connectivity index (χ1) is 12.8. The van der Waals surface area contributed by atoms with E-state index in [-0.39, 0.29) is 22.1 Å². The molecule has 0 heterocycles. The fourth-order valence-corrected chi connectivity index (χ4v) is 2.56. The van der Waals surface area contributed by atoms with E-state index in [9.17, 15) is 18.8 Å². The molecule has 7 heteroatoms. The first kappa shape index (κ1) is 20.6. The van der Waals surface area contributed by atoms with Crippen LogP contribution in [0.3, 0.4) is 0 Å². The number of ether oxygens (including phenoxy) is 1. The fraction of sp³-hybridized carbons (Fsp3) is 0.250. The van der Waals surface area contributed by atoms with Gasteiger partial charge in [0.1, 0.15) is 11.9 Å². The third-order valence-electron chi connectivity index (χ3n) is 3.82. The second kappa shape index (κ2) is 9.28. The van der Waals surface area contributed by atoms with Crippen molar-refractivity contribution in [3.8, 4) is 0 Å². The molecule has 0 aliphatic heterocycles. The quantitative estimate of drug-likeness (QED) is 0.577. The third-order valence-corrected chi connectivity index (χ3v) is 4.15. The molecule has 5 nitrogen and oxygen atoms in total. The molecular weight excluding hydrogens is 373 g/mol. The summed E-state index contributed by atoms with van der Waals surface area (Å²) in [4.78, 5) is 36.7. The molecule has 0 radical (unpaired) electrons. The molecule has 0 spiro atoms. The zero-order chi connectivity index (χ0) is 20.0. The van der Waals surface area contributed by atoms with E-state index < -0.39 is 36.1 Å². The molecule has 1 amide bonds. The molecule has 2 rings (SSSR count). The number of carbonyl (C=O) groups excluding carboxylic acids is 3. The number of hydrogen-bond donors (Lipinski definition) is 1. The van der Waals surface area contributed by atoms with Gasteiger partial charge in [-0.3, -0.25) is 9.59 Å². The zero-order valence-corrected chi connectivity index (χ0v) is 15.6. The van der Waals surface area contributed by atoms with Crippen LogP contribution in [0, 0.1) is 11.7 Å². The minimum absolute atomic E-state index is 0.101. The molecule has 0 bridgehead atoms. The predicted octanol–water partition coefficient (Wildman–Crippen LogP) is 3.66. The maximum absolute atomic E-state index is 13.2. The van der Waals surface area contributed by atoms with Gasteiger partial charge in [-0.1, -0.05) is 49.7 Å². The van der Waals surface area contributed by atoms with Crippen molar-refractivity contribution in [1.82, 2.24) is 5.32 Å². The lowest BCUT2D eigenvalue weighted by atomic mass is 10.0. The maximum atomic E-state index is 13.2. The molecule has 1 atom stereocenters. The lowest BCUT2D eigenvalue weighted by Gasteiger charge is -2.21. The van der Waals surface area contributed by atoms with Gasteiger partial charge in [-0.2, -0.15) is 0 Å². The van der Waals surface area contributed by atoms with E-state index in [2.05, 4.69) is 5.32 Å². The minimum Gasteiger partial charge on any atom is -0.456 e.